The Morgan fingerprint density at radius 3 is 2.19 bits per heavy atom. The molecule has 144 valence electrons. The molecule has 8 N–H and O–H groups in total. The van der Waals surface area contributed by atoms with Gasteiger partial charge in [0.15, 0.2) is 0 Å². The number of phenols is 1. The van der Waals surface area contributed by atoms with Crippen LogP contribution in [0.5, 0.6) is 5.75 Å². The normalized spacial score (nSPS) is 12.8. The summed E-state index contributed by atoms with van der Waals surface area (Å²) in [6.45, 7) is 0.147. The van der Waals surface area contributed by atoms with Crippen molar-refractivity contribution >= 4 is 17.8 Å². The average molecular weight is 366 g/mol. The van der Waals surface area contributed by atoms with Crippen LogP contribution in [0.25, 0.3) is 0 Å². The van der Waals surface area contributed by atoms with Crippen molar-refractivity contribution in [3.05, 3.63) is 29.8 Å². The molecule has 0 saturated heterocycles. The van der Waals surface area contributed by atoms with Crippen LogP contribution >= 0.6 is 0 Å². The average Bonchev–Trinajstić information content (AvgIpc) is 2.61. The highest BCUT2D eigenvalue weighted by Gasteiger charge is 2.26. The summed E-state index contributed by atoms with van der Waals surface area (Å²) in [7, 11) is 0. The van der Waals surface area contributed by atoms with Crippen molar-refractivity contribution in [3.8, 4) is 5.75 Å². The molecule has 0 saturated carbocycles. The number of unbranched alkanes of at least 4 members (excludes halogenated alkanes) is 1. The summed E-state index contributed by atoms with van der Waals surface area (Å²) < 4.78 is 0. The van der Waals surface area contributed by atoms with Gasteiger partial charge in [-0.2, -0.15) is 0 Å². The van der Waals surface area contributed by atoms with Crippen molar-refractivity contribution in [3.63, 3.8) is 0 Å². The van der Waals surface area contributed by atoms with E-state index in [1.165, 1.54) is 12.1 Å². The first-order valence-corrected chi connectivity index (χ1v) is 8.38. The molecule has 0 spiro atoms. The summed E-state index contributed by atoms with van der Waals surface area (Å²) >= 11 is 0. The standard InChI is InChI=1S/C17H26N4O5/c18-8-2-1-3-13(17(25)26)21-16(24)14(20-15(23)10-19)9-11-4-6-12(22)7-5-11/h4-7,13-14,22H,1-3,8-10,18-19H2,(H,20,23)(H,21,24)(H,25,26). The van der Waals surface area contributed by atoms with Gasteiger partial charge in [0.25, 0.3) is 0 Å². The van der Waals surface area contributed by atoms with Crippen LogP contribution in [0.1, 0.15) is 24.8 Å². The van der Waals surface area contributed by atoms with Crippen molar-refractivity contribution in [2.24, 2.45) is 11.5 Å². The van der Waals surface area contributed by atoms with Gasteiger partial charge in [0.1, 0.15) is 17.8 Å². The monoisotopic (exact) mass is 366 g/mol. The van der Waals surface area contributed by atoms with Gasteiger partial charge in [-0.25, -0.2) is 4.79 Å². The lowest BCUT2D eigenvalue weighted by atomic mass is 10.0. The van der Waals surface area contributed by atoms with Gasteiger partial charge < -0.3 is 32.3 Å². The van der Waals surface area contributed by atoms with Crippen LogP contribution < -0.4 is 22.1 Å². The number of amides is 2. The van der Waals surface area contributed by atoms with Crippen molar-refractivity contribution < 1.29 is 24.6 Å². The Labute approximate surface area is 151 Å². The smallest absolute Gasteiger partial charge is 0.326 e. The molecule has 1 aromatic rings. The van der Waals surface area contributed by atoms with Gasteiger partial charge in [-0.15, -0.1) is 0 Å². The van der Waals surface area contributed by atoms with Crippen LogP contribution in [0.4, 0.5) is 0 Å². The summed E-state index contributed by atoms with van der Waals surface area (Å²) in [5, 5.41) is 23.5. The number of carbonyl (C=O) groups is 3. The topological polar surface area (TPSA) is 168 Å². The van der Waals surface area contributed by atoms with Crippen molar-refractivity contribution in [2.75, 3.05) is 13.1 Å². The molecular formula is C17H26N4O5. The minimum atomic E-state index is -1.15. The fourth-order valence-electron chi connectivity index (χ4n) is 2.35. The molecule has 9 nitrogen and oxygen atoms in total. The van der Waals surface area contributed by atoms with Gasteiger partial charge in [-0.05, 0) is 43.5 Å². The van der Waals surface area contributed by atoms with E-state index >= 15 is 0 Å². The van der Waals surface area contributed by atoms with Crippen molar-refractivity contribution in [2.45, 2.75) is 37.8 Å². The van der Waals surface area contributed by atoms with Gasteiger partial charge in [-0.3, -0.25) is 9.59 Å². The van der Waals surface area contributed by atoms with Crippen LogP contribution in [0, 0.1) is 0 Å². The summed E-state index contributed by atoms with van der Waals surface area (Å²) in [5.74, 6) is -2.21. The largest absolute Gasteiger partial charge is 0.508 e. The fraction of sp³-hybridized carbons (Fsp3) is 0.471. The second-order valence-electron chi connectivity index (χ2n) is 5.88. The Bertz CT molecular complexity index is 606. The van der Waals surface area contributed by atoms with Gasteiger partial charge >= 0.3 is 5.97 Å². The molecule has 0 aliphatic heterocycles. The van der Waals surface area contributed by atoms with E-state index in [1.54, 1.807) is 12.1 Å². The number of nitrogens with two attached hydrogens (primary N) is 2. The fourth-order valence-corrected chi connectivity index (χ4v) is 2.35. The first-order valence-electron chi connectivity index (χ1n) is 8.38. The Hall–Kier alpha value is -2.65. The minimum Gasteiger partial charge on any atom is -0.508 e. The molecule has 2 atom stereocenters. The molecule has 0 aromatic heterocycles. The van der Waals surface area contributed by atoms with E-state index in [9.17, 15) is 24.6 Å². The van der Waals surface area contributed by atoms with E-state index in [4.69, 9.17) is 11.5 Å². The maximum absolute atomic E-state index is 12.5. The molecule has 1 rings (SSSR count). The number of rotatable bonds is 11. The lowest BCUT2D eigenvalue weighted by Crippen LogP contribution is -2.53. The number of phenolic OH excluding ortho intramolecular Hbond substituents is 1. The number of carboxylic acid groups (broad SMARTS) is 1. The molecule has 2 unspecified atom stereocenters. The van der Waals surface area contributed by atoms with Crippen LogP contribution in [0.15, 0.2) is 24.3 Å². The third-order valence-corrected chi connectivity index (χ3v) is 3.77. The molecule has 0 aliphatic rings. The number of aliphatic carboxylic acids is 1. The van der Waals surface area contributed by atoms with E-state index in [1.807, 2.05) is 0 Å². The second-order valence-corrected chi connectivity index (χ2v) is 5.88. The SMILES string of the molecule is NCCCCC(NC(=O)C(Cc1ccc(O)cc1)NC(=O)CN)C(=O)O. The highest BCUT2D eigenvalue weighted by Crippen LogP contribution is 2.12. The zero-order valence-corrected chi connectivity index (χ0v) is 14.5. The zero-order valence-electron chi connectivity index (χ0n) is 14.5. The summed E-state index contributed by atoms with van der Waals surface area (Å²) in [6.07, 6.45) is 1.59. The van der Waals surface area contributed by atoms with Crippen LogP contribution in [0.3, 0.4) is 0 Å². The molecule has 1 aromatic carbocycles. The van der Waals surface area contributed by atoms with Gasteiger partial charge in [0, 0.05) is 6.42 Å². The summed E-state index contributed by atoms with van der Waals surface area (Å²) in [5.41, 5.74) is 11.4. The second kappa shape index (κ2) is 11.1. The summed E-state index contributed by atoms with van der Waals surface area (Å²) in [4.78, 5) is 35.5. The molecule has 0 aliphatic carbocycles. The lowest BCUT2D eigenvalue weighted by Gasteiger charge is -2.21. The first kappa shape index (κ1) is 21.4. The predicted molar refractivity (Wildman–Crippen MR) is 95.3 cm³/mol. The van der Waals surface area contributed by atoms with E-state index in [0.717, 1.165) is 0 Å². The number of nitrogens with one attached hydrogen (secondary N) is 2. The molecule has 9 heteroatoms. The molecule has 0 heterocycles. The molecule has 0 radical (unpaired) electrons. The van der Waals surface area contributed by atoms with E-state index in [0.29, 0.717) is 24.9 Å². The third-order valence-electron chi connectivity index (χ3n) is 3.77. The maximum Gasteiger partial charge on any atom is 0.326 e. The van der Waals surface area contributed by atoms with Crippen LogP contribution in [0.2, 0.25) is 0 Å². The number of hydrogen-bond donors (Lipinski definition) is 6. The highest BCUT2D eigenvalue weighted by atomic mass is 16.4. The van der Waals surface area contributed by atoms with Gasteiger partial charge in [0.05, 0.1) is 6.54 Å². The Balaban J connectivity index is 2.82. The summed E-state index contributed by atoms with van der Waals surface area (Å²) in [6, 6.07) is 4.10. The quantitative estimate of drug-likeness (QED) is 0.275. The molecule has 0 bridgehead atoms. The first-order chi connectivity index (χ1) is 12.4. The number of aromatic hydroxyl groups is 1. The Morgan fingerprint density at radius 2 is 1.65 bits per heavy atom. The highest BCUT2D eigenvalue weighted by molar-refractivity contribution is 5.91. The Morgan fingerprint density at radius 1 is 1.00 bits per heavy atom. The van der Waals surface area contributed by atoms with Crippen LogP contribution in [-0.2, 0) is 20.8 Å². The number of benzene rings is 1. The number of carboxylic acids is 1. The molecule has 26 heavy (non-hydrogen) atoms. The van der Waals surface area contributed by atoms with E-state index in [-0.39, 0.29) is 25.1 Å². The van der Waals surface area contributed by atoms with E-state index < -0.39 is 29.9 Å². The minimum absolute atomic E-state index is 0.0755. The zero-order chi connectivity index (χ0) is 19.5. The van der Waals surface area contributed by atoms with Crippen molar-refractivity contribution in [1.29, 1.82) is 0 Å². The van der Waals surface area contributed by atoms with E-state index in [2.05, 4.69) is 10.6 Å². The molecular weight excluding hydrogens is 340 g/mol. The van der Waals surface area contributed by atoms with Gasteiger partial charge in [-0.1, -0.05) is 12.1 Å². The molecule has 2 amide bonds. The number of hydrogen-bond acceptors (Lipinski definition) is 6. The van der Waals surface area contributed by atoms with Crippen LogP contribution in [-0.4, -0.2) is 53.2 Å². The number of carbonyl (C=O) groups excluding carboxylic acids is 2. The molecule has 0 fully saturated rings. The third kappa shape index (κ3) is 7.49. The van der Waals surface area contributed by atoms with Gasteiger partial charge in [0.2, 0.25) is 11.8 Å². The maximum atomic E-state index is 12.5. The van der Waals surface area contributed by atoms with Crippen molar-refractivity contribution in [1.82, 2.24) is 10.6 Å². The predicted octanol–water partition coefficient (Wildman–Crippen LogP) is -0.923. The Kier molecular flexibility index (Phi) is 9.10. The lowest BCUT2D eigenvalue weighted by molar-refractivity contribution is -0.142.